The van der Waals surface area contributed by atoms with Crippen molar-refractivity contribution in [1.29, 1.82) is 0 Å². The van der Waals surface area contributed by atoms with E-state index in [9.17, 15) is 0 Å². The lowest BCUT2D eigenvalue weighted by Crippen LogP contribution is -2.18. The second-order valence-electron chi connectivity index (χ2n) is 5.00. The van der Waals surface area contributed by atoms with Crippen LogP contribution in [-0.2, 0) is 6.54 Å². The van der Waals surface area contributed by atoms with Crippen LogP contribution in [0.25, 0.3) is 0 Å². The first-order valence-electron chi connectivity index (χ1n) is 6.55. The minimum Gasteiger partial charge on any atom is -0.409 e. The molecular formula is C16H18ClN3O. The van der Waals surface area contributed by atoms with E-state index in [1.165, 1.54) is 11.1 Å². The van der Waals surface area contributed by atoms with Gasteiger partial charge in [0.1, 0.15) is 0 Å². The Morgan fingerprint density at radius 1 is 1.29 bits per heavy atom. The number of aryl methyl sites for hydroxylation is 1. The maximum absolute atomic E-state index is 8.69. The van der Waals surface area contributed by atoms with Gasteiger partial charge in [0.15, 0.2) is 5.84 Å². The Hall–Kier alpha value is -2.20. The summed E-state index contributed by atoms with van der Waals surface area (Å²) in [5, 5.41) is 12.2. The number of benzene rings is 2. The molecule has 2 rings (SSSR count). The van der Waals surface area contributed by atoms with Crippen molar-refractivity contribution in [1.82, 2.24) is 0 Å². The number of hydrogen-bond acceptors (Lipinski definition) is 3. The fourth-order valence-electron chi connectivity index (χ4n) is 2.20. The highest BCUT2D eigenvalue weighted by Crippen LogP contribution is 2.27. The van der Waals surface area contributed by atoms with Crippen molar-refractivity contribution in [3.8, 4) is 0 Å². The third kappa shape index (κ3) is 3.67. The highest BCUT2D eigenvalue weighted by Gasteiger charge is 2.09. The number of oxime groups is 1. The molecule has 0 aromatic heterocycles. The molecule has 0 aliphatic heterocycles. The van der Waals surface area contributed by atoms with Gasteiger partial charge in [0, 0.05) is 19.2 Å². The summed E-state index contributed by atoms with van der Waals surface area (Å²) < 4.78 is 0. The number of rotatable bonds is 4. The van der Waals surface area contributed by atoms with Crippen molar-refractivity contribution in [2.45, 2.75) is 13.5 Å². The first-order valence-corrected chi connectivity index (χ1v) is 6.93. The number of nitrogens with two attached hydrogens (primary N) is 1. The third-order valence-electron chi connectivity index (χ3n) is 3.26. The number of halogens is 1. The summed E-state index contributed by atoms with van der Waals surface area (Å²) in [6.07, 6.45) is 0. The van der Waals surface area contributed by atoms with Gasteiger partial charge in [0.25, 0.3) is 0 Å². The van der Waals surface area contributed by atoms with Gasteiger partial charge in [0.2, 0.25) is 0 Å². The van der Waals surface area contributed by atoms with E-state index in [1.807, 2.05) is 19.2 Å². The first-order chi connectivity index (χ1) is 10.0. The zero-order chi connectivity index (χ0) is 15.4. The molecule has 0 aliphatic rings. The minimum absolute atomic E-state index is 0.0461. The van der Waals surface area contributed by atoms with E-state index in [-0.39, 0.29) is 5.84 Å². The minimum atomic E-state index is 0.0461. The predicted molar refractivity (Wildman–Crippen MR) is 87.2 cm³/mol. The van der Waals surface area contributed by atoms with Crippen LogP contribution in [-0.4, -0.2) is 18.1 Å². The Morgan fingerprint density at radius 2 is 2.05 bits per heavy atom. The Kier molecular flexibility index (Phi) is 4.70. The van der Waals surface area contributed by atoms with E-state index in [0.29, 0.717) is 10.6 Å². The van der Waals surface area contributed by atoms with Gasteiger partial charge in [-0.2, -0.15) is 0 Å². The summed E-state index contributed by atoms with van der Waals surface area (Å²) in [6, 6.07) is 13.7. The first kappa shape index (κ1) is 15.2. The molecule has 2 aromatic rings. The fraction of sp³-hybridized carbons (Fsp3) is 0.188. The van der Waals surface area contributed by atoms with Crippen molar-refractivity contribution >= 4 is 23.1 Å². The summed E-state index contributed by atoms with van der Waals surface area (Å²) in [7, 11) is 1.98. The number of anilines is 1. The van der Waals surface area contributed by atoms with Gasteiger partial charge in [-0.15, -0.1) is 0 Å². The topological polar surface area (TPSA) is 61.8 Å². The highest BCUT2D eigenvalue weighted by atomic mass is 35.5. The van der Waals surface area contributed by atoms with Crippen molar-refractivity contribution in [2.24, 2.45) is 10.9 Å². The highest BCUT2D eigenvalue weighted by molar-refractivity contribution is 6.33. The summed E-state index contributed by atoms with van der Waals surface area (Å²) in [5.41, 5.74) is 9.49. The zero-order valence-corrected chi connectivity index (χ0v) is 12.8. The number of hydrogen-bond donors (Lipinski definition) is 2. The molecule has 21 heavy (non-hydrogen) atoms. The normalized spacial score (nSPS) is 11.5. The smallest absolute Gasteiger partial charge is 0.170 e. The Morgan fingerprint density at radius 3 is 2.67 bits per heavy atom. The Balaban J connectivity index is 2.21. The molecule has 0 aliphatic carbocycles. The summed E-state index contributed by atoms with van der Waals surface area (Å²) in [5.74, 6) is 0.0461. The second-order valence-corrected chi connectivity index (χ2v) is 5.40. The fourth-order valence-corrected chi connectivity index (χ4v) is 2.53. The quantitative estimate of drug-likeness (QED) is 0.394. The molecule has 0 heterocycles. The van der Waals surface area contributed by atoms with Gasteiger partial charge in [-0.05, 0) is 30.7 Å². The lowest BCUT2D eigenvalue weighted by Gasteiger charge is -2.21. The average Bonchev–Trinajstić information content (AvgIpc) is 2.46. The van der Waals surface area contributed by atoms with Gasteiger partial charge in [-0.3, -0.25) is 0 Å². The van der Waals surface area contributed by atoms with Crippen molar-refractivity contribution in [3.63, 3.8) is 0 Å². The van der Waals surface area contributed by atoms with Gasteiger partial charge >= 0.3 is 0 Å². The van der Waals surface area contributed by atoms with Crippen LogP contribution in [0.4, 0.5) is 5.69 Å². The average molecular weight is 304 g/mol. The molecule has 0 saturated heterocycles. The van der Waals surface area contributed by atoms with E-state index < -0.39 is 0 Å². The molecule has 110 valence electrons. The maximum atomic E-state index is 8.69. The number of amidine groups is 1. The molecular weight excluding hydrogens is 286 g/mol. The molecule has 0 fully saturated rings. The zero-order valence-electron chi connectivity index (χ0n) is 12.0. The van der Waals surface area contributed by atoms with Gasteiger partial charge in [-0.1, -0.05) is 46.6 Å². The van der Waals surface area contributed by atoms with Crippen LogP contribution >= 0.6 is 11.6 Å². The van der Waals surface area contributed by atoms with Crippen molar-refractivity contribution in [3.05, 3.63) is 64.2 Å². The van der Waals surface area contributed by atoms with Gasteiger partial charge in [0.05, 0.1) is 10.7 Å². The van der Waals surface area contributed by atoms with E-state index in [2.05, 4.69) is 35.2 Å². The molecule has 0 bridgehead atoms. The van der Waals surface area contributed by atoms with Crippen molar-refractivity contribution < 1.29 is 5.21 Å². The van der Waals surface area contributed by atoms with Crippen LogP contribution in [0, 0.1) is 6.92 Å². The molecule has 0 radical (unpaired) electrons. The van der Waals surface area contributed by atoms with Crippen LogP contribution in [0.1, 0.15) is 16.7 Å². The van der Waals surface area contributed by atoms with Crippen LogP contribution in [0.5, 0.6) is 0 Å². The van der Waals surface area contributed by atoms with E-state index in [4.69, 9.17) is 22.5 Å². The third-order valence-corrected chi connectivity index (χ3v) is 3.57. The maximum Gasteiger partial charge on any atom is 0.170 e. The number of nitrogens with zero attached hydrogens (tertiary/aromatic N) is 2. The second kappa shape index (κ2) is 6.50. The molecule has 3 N–H and O–H groups in total. The van der Waals surface area contributed by atoms with Gasteiger partial charge < -0.3 is 15.8 Å². The van der Waals surface area contributed by atoms with Crippen LogP contribution in [0.2, 0.25) is 5.02 Å². The Bertz CT molecular complexity index is 670. The molecule has 0 spiro atoms. The molecule has 0 amide bonds. The van der Waals surface area contributed by atoms with Gasteiger partial charge in [-0.25, -0.2) is 0 Å². The summed E-state index contributed by atoms with van der Waals surface area (Å²) in [4.78, 5) is 2.06. The van der Waals surface area contributed by atoms with Crippen LogP contribution < -0.4 is 10.6 Å². The van der Waals surface area contributed by atoms with E-state index in [1.54, 1.807) is 12.1 Å². The lowest BCUT2D eigenvalue weighted by molar-refractivity contribution is 0.318. The molecule has 4 nitrogen and oxygen atoms in total. The van der Waals surface area contributed by atoms with E-state index >= 15 is 0 Å². The lowest BCUT2D eigenvalue weighted by atomic mass is 10.1. The largest absolute Gasteiger partial charge is 0.409 e. The van der Waals surface area contributed by atoms with Crippen LogP contribution in [0.15, 0.2) is 47.6 Å². The molecule has 0 saturated carbocycles. The van der Waals surface area contributed by atoms with Crippen LogP contribution in [0.3, 0.4) is 0 Å². The molecule has 5 heteroatoms. The summed E-state index contributed by atoms with van der Waals surface area (Å²) in [6.45, 7) is 2.83. The predicted octanol–water partition coefficient (Wildman–Crippen LogP) is 3.38. The standard InChI is InChI=1S/C16H18ClN3O/c1-11-4-3-5-12(8-11)10-20(2)15-7-6-13(9-14(15)17)16(18)19-21/h3-9,21H,10H2,1-2H3,(H2,18,19). The molecule has 0 atom stereocenters. The monoisotopic (exact) mass is 303 g/mol. The molecule has 2 aromatic carbocycles. The molecule has 0 unspecified atom stereocenters. The Labute approximate surface area is 129 Å². The van der Waals surface area contributed by atoms with E-state index in [0.717, 1.165) is 12.2 Å². The summed E-state index contributed by atoms with van der Waals surface area (Å²) >= 11 is 6.29. The van der Waals surface area contributed by atoms with Crippen molar-refractivity contribution in [2.75, 3.05) is 11.9 Å². The SMILES string of the molecule is Cc1cccc(CN(C)c2ccc(C(N)=NO)cc2Cl)c1.